The Bertz CT molecular complexity index is 1080. The average Bonchev–Trinajstić information content (AvgIpc) is 2.60. The van der Waals surface area contributed by atoms with Gasteiger partial charge in [0.15, 0.2) is 0 Å². The van der Waals surface area contributed by atoms with Crippen LogP contribution in [0.5, 0.6) is 5.75 Å². The first-order valence-corrected chi connectivity index (χ1v) is 11.1. The first kappa shape index (κ1) is 21.8. The fourth-order valence-electron chi connectivity index (χ4n) is 2.35. The van der Waals surface area contributed by atoms with Crippen molar-refractivity contribution in [1.29, 1.82) is 0 Å². The van der Waals surface area contributed by atoms with Crippen molar-refractivity contribution in [2.24, 2.45) is 5.14 Å². The maximum absolute atomic E-state index is 12.5. The molecule has 0 aliphatic heterocycles. The minimum atomic E-state index is -3.93. The zero-order chi connectivity index (χ0) is 21.1. The van der Waals surface area contributed by atoms with Gasteiger partial charge in [-0.05, 0) is 61.9 Å². The summed E-state index contributed by atoms with van der Waals surface area (Å²) in [6.07, 6.45) is 0. The molecule has 0 fully saturated rings. The third-order valence-electron chi connectivity index (χ3n) is 3.85. The number of carbonyl (C=O) groups excluding carboxylic acids is 1. The third-order valence-corrected chi connectivity index (χ3v) is 6.32. The number of sulfonamides is 2. The highest BCUT2D eigenvalue weighted by Gasteiger charge is 2.23. The van der Waals surface area contributed by atoms with Crippen LogP contribution in [0.25, 0.3) is 0 Å². The maximum atomic E-state index is 12.5. The van der Waals surface area contributed by atoms with Gasteiger partial charge in [0.1, 0.15) is 5.75 Å². The summed E-state index contributed by atoms with van der Waals surface area (Å²) < 4.78 is 54.9. The number of nitrogens with one attached hydrogen (secondary N) is 2. The summed E-state index contributed by atoms with van der Waals surface area (Å²) >= 11 is 0. The Morgan fingerprint density at radius 3 is 2.11 bits per heavy atom. The standard InChI is InChI=1S/C17H21N3O6S2/c1-11-10-15(8-9-16(11)26-3)28(24,25)20-12(2)17(21)19-13-4-6-14(7-5-13)27(18,22)23/h4-10,12,20H,1-3H3,(H,19,21)(H2,18,22,23)/t12-/m1/s1. The topological polar surface area (TPSA) is 145 Å². The summed E-state index contributed by atoms with van der Waals surface area (Å²) in [5.74, 6) is -0.0650. The fraction of sp³-hybridized carbons (Fsp3) is 0.235. The highest BCUT2D eigenvalue weighted by atomic mass is 32.2. The molecule has 11 heteroatoms. The van der Waals surface area contributed by atoms with E-state index in [0.717, 1.165) is 0 Å². The van der Waals surface area contributed by atoms with Gasteiger partial charge < -0.3 is 10.1 Å². The molecule has 0 unspecified atom stereocenters. The Morgan fingerprint density at radius 1 is 1.04 bits per heavy atom. The lowest BCUT2D eigenvalue weighted by Gasteiger charge is -2.15. The molecule has 0 aliphatic rings. The lowest BCUT2D eigenvalue weighted by Crippen LogP contribution is -2.41. The third kappa shape index (κ3) is 5.29. The highest BCUT2D eigenvalue weighted by molar-refractivity contribution is 7.89. The fourth-order valence-corrected chi connectivity index (χ4v) is 4.15. The summed E-state index contributed by atoms with van der Waals surface area (Å²) in [6, 6.07) is 8.45. The van der Waals surface area contributed by atoms with Crippen LogP contribution in [-0.2, 0) is 24.8 Å². The van der Waals surface area contributed by atoms with Crippen molar-refractivity contribution >= 4 is 31.6 Å². The molecule has 0 saturated heterocycles. The quantitative estimate of drug-likeness (QED) is 0.600. The number of methoxy groups -OCH3 is 1. The van der Waals surface area contributed by atoms with E-state index < -0.39 is 32.0 Å². The molecule has 0 aliphatic carbocycles. The van der Waals surface area contributed by atoms with Gasteiger partial charge in [-0.3, -0.25) is 4.79 Å². The zero-order valence-corrected chi connectivity index (χ0v) is 17.1. The van der Waals surface area contributed by atoms with Crippen LogP contribution in [0.4, 0.5) is 5.69 Å². The molecule has 0 saturated carbocycles. The highest BCUT2D eigenvalue weighted by Crippen LogP contribution is 2.21. The van der Waals surface area contributed by atoms with Gasteiger partial charge in [-0.2, -0.15) is 4.72 Å². The first-order valence-electron chi connectivity index (χ1n) is 8.05. The van der Waals surface area contributed by atoms with Crippen LogP contribution in [0.15, 0.2) is 52.3 Å². The molecular weight excluding hydrogens is 406 g/mol. The molecule has 2 aromatic rings. The molecule has 2 aromatic carbocycles. The van der Waals surface area contributed by atoms with Gasteiger partial charge in [-0.15, -0.1) is 0 Å². The number of hydrogen-bond acceptors (Lipinski definition) is 6. The van der Waals surface area contributed by atoms with Crippen LogP contribution < -0.4 is 19.9 Å². The van der Waals surface area contributed by atoms with Gasteiger partial charge in [0.05, 0.1) is 22.9 Å². The van der Waals surface area contributed by atoms with E-state index in [1.54, 1.807) is 6.92 Å². The minimum Gasteiger partial charge on any atom is -0.496 e. The van der Waals surface area contributed by atoms with Crippen LogP contribution in [0, 0.1) is 6.92 Å². The zero-order valence-electron chi connectivity index (χ0n) is 15.5. The van der Waals surface area contributed by atoms with Gasteiger partial charge in [-0.1, -0.05) is 0 Å². The van der Waals surface area contributed by atoms with Crippen molar-refractivity contribution in [1.82, 2.24) is 4.72 Å². The van der Waals surface area contributed by atoms with E-state index in [0.29, 0.717) is 17.0 Å². The number of carbonyl (C=O) groups is 1. The van der Waals surface area contributed by atoms with E-state index >= 15 is 0 Å². The Morgan fingerprint density at radius 2 is 1.61 bits per heavy atom. The molecule has 152 valence electrons. The van der Waals surface area contributed by atoms with Crippen molar-refractivity contribution in [3.8, 4) is 5.75 Å². The summed E-state index contributed by atoms with van der Waals surface area (Å²) in [5.41, 5.74) is 0.932. The second-order valence-corrected chi connectivity index (χ2v) is 9.31. The smallest absolute Gasteiger partial charge is 0.242 e. The lowest BCUT2D eigenvalue weighted by atomic mass is 10.2. The maximum Gasteiger partial charge on any atom is 0.242 e. The molecule has 28 heavy (non-hydrogen) atoms. The molecule has 1 amide bonds. The predicted molar refractivity (Wildman–Crippen MR) is 104 cm³/mol. The van der Waals surface area contributed by atoms with Crippen LogP contribution in [-0.4, -0.2) is 35.9 Å². The normalized spacial score (nSPS) is 13.0. The number of amides is 1. The first-order chi connectivity index (χ1) is 12.9. The number of anilines is 1. The Balaban J connectivity index is 2.09. The molecule has 0 radical (unpaired) electrons. The summed E-state index contributed by atoms with van der Waals surface area (Å²) in [6.45, 7) is 3.10. The number of primary sulfonamides is 1. The van der Waals surface area contributed by atoms with Crippen molar-refractivity contribution < 1.29 is 26.4 Å². The number of aryl methyl sites for hydroxylation is 1. The van der Waals surface area contributed by atoms with Crippen molar-refractivity contribution in [2.45, 2.75) is 29.7 Å². The molecule has 0 heterocycles. The molecule has 0 aromatic heterocycles. The van der Waals surface area contributed by atoms with Gasteiger partial charge in [0.25, 0.3) is 0 Å². The number of benzene rings is 2. The summed E-state index contributed by atoms with van der Waals surface area (Å²) in [7, 11) is -6.29. The Labute approximate surface area is 164 Å². The van der Waals surface area contributed by atoms with E-state index in [4.69, 9.17) is 9.88 Å². The Hall–Kier alpha value is -2.47. The van der Waals surface area contributed by atoms with E-state index in [1.165, 1.54) is 56.5 Å². The number of ether oxygens (including phenoxy) is 1. The van der Waals surface area contributed by atoms with Gasteiger partial charge in [-0.25, -0.2) is 22.0 Å². The molecule has 0 bridgehead atoms. The number of hydrogen-bond donors (Lipinski definition) is 3. The summed E-state index contributed by atoms with van der Waals surface area (Å²) in [5, 5.41) is 7.51. The van der Waals surface area contributed by atoms with Crippen LogP contribution >= 0.6 is 0 Å². The van der Waals surface area contributed by atoms with Crippen molar-refractivity contribution in [3.63, 3.8) is 0 Å². The van der Waals surface area contributed by atoms with E-state index in [-0.39, 0.29) is 9.79 Å². The van der Waals surface area contributed by atoms with Crippen LogP contribution in [0.3, 0.4) is 0 Å². The number of nitrogens with two attached hydrogens (primary N) is 1. The van der Waals surface area contributed by atoms with Gasteiger partial charge in [0, 0.05) is 5.69 Å². The monoisotopic (exact) mass is 427 g/mol. The molecular formula is C17H21N3O6S2. The second-order valence-electron chi connectivity index (χ2n) is 6.03. The van der Waals surface area contributed by atoms with E-state index in [1.807, 2.05) is 0 Å². The van der Waals surface area contributed by atoms with Crippen LogP contribution in [0.1, 0.15) is 12.5 Å². The molecule has 2 rings (SSSR count). The SMILES string of the molecule is COc1ccc(S(=O)(=O)N[C@H](C)C(=O)Nc2ccc(S(N)(=O)=O)cc2)cc1C. The minimum absolute atomic E-state index is 0.00274. The second kappa shape index (κ2) is 8.27. The number of rotatable bonds is 7. The predicted octanol–water partition coefficient (Wildman–Crippen LogP) is 0.957. The van der Waals surface area contributed by atoms with E-state index in [9.17, 15) is 21.6 Å². The van der Waals surface area contributed by atoms with Crippen LogP contribution in [0.2, 0.25) is 0 Å². The Kier molecular flexibility index (Phi) is 6.44. The molecule has 0 spiro atoms. The molecule has 1 atom stereocenters. The molecule has 9 nitrogen and oxygen atoms in total. The average molecular weight is 428 g/mol. The summed E-state index contributed by atoms with van der Waals surface area (Å²) in [4.78, 5) is 12.2. The van der Waals surface area contributed by atoms with E-state index in [2.05, 4.69) is 10.0 Å². The molecule has 4 N–H and O–H groups in total. The van der Waals surface area contributed by atoms with Crippen molar-refractivity contribution in [3.05, 3.63) is 48.0 Å². The largest absolute Gasteiger partial charge is 0.496 e. The van der Waals surface area contributed by atoms with Gasteiger partial charge >= 0.3 is 0 Å². The van der Waals surface area contributed by atoms with Crippen molar-refractivity contribution in [2.75, 3.05) is 12.4 Å². The van der Waals surface area contributed by atoms with Gasteiger partial charge in [0.2, 0.25) is 26.0 Å². The lowest BCUT2D eigenvalue weighted by molar-refractivity contribution is -0.117.